The van der Waals surface area contributed by atoms with Crippen LogP contribution in [0.15, 0.2) is 27.8 Å². The molecule has 0 fully saturated rings. The summed E-state index contributed by atoms with van der Waals surface area (Å²) in [6.07, 6.45) is 1.23. The number of carbonyl (C=O) groups excluding carboxylic acids is 1. The Morgan fingerprint density at radius 2 is 2.35 bits per heavy atom. The summed E-state index contributed by atoms with van der Waals surface area (Å²) in [6, 6.07) is 5.13. The molecule has 92 valence electrons. The number of halogens is 1. The van der Waals surface area contributed by atoms with Gasteiger partial charge in [-0.1, -0.05) is 21.1 Å². The van der Waals surface area contributed by atoms with E-state index in [1.165, 1.54) is 6.21 Å². The van der Waals surface area contributed by atoms with Crippen LogP contribution >= 0.6 is 15.9 Å². The largest absolute Gasteiger partial charge is 0.481 e. The monoisotopic (exact) mass is 301 g/mol. The smallest absolute Gasteiger partial charge is 0.344 e. The zero-order chi connectivity index (χ0) is 12.7. The maximum absolute atomic E-state index is 11.1. The molecule has 0 bridgehead atoms. The Kier molecular flexibility index (Phi) is 5.48. The highest BCUT2D eigenvalue weighted by Gasteiger charge is 2.07. The van der Waals surface area contributed by atoms with Crippen LogP contribution in [0.25, 0.3) is 0 Å². The molecule has 1 N–H and O–H groups in total. The van der Waals surface area contributed by atoms with Gasteiger partial charge in [0.25, 0.3) is 0 Å². The molecule has 0 aliphatic rings. The Bertz CT molecular complexity index is 420. The zero-order valence-electron chi connectivity index (χ0n) is 9.22. The molecule has 0 unspecified atom stereocenters. The third kappa shape index (κ3) is 4.44. The Morgan fingerprint density at radius 1 is 1.59 bits per heavy atom. The molecule has 0 spiro atoms. The second kappa shape index (κ2) is 6.90. The van der Waals surface area contributed by atoms with Gasteiger partial charge in [-0.3, -0.25) is 0 Å². The van der Waals surface area contributed by atoms with Gasteiger partial charge < -0.3 is 14.7 Å². The molecule has 17 heavy (non-hydrogen) atoms. The average molecular weight is 302 g/mol. The summed E-state index contributed by atoms with van der Waals surface area (Å²) in [7, 11) is 0. The molecule has 6 heteroatoms. The highest BCUT2D eigenvalue weighted by molar-refractivity contribution is 9.10. The third-order valence-electron chi connectivity index (χ3n) is 1.82. The van der Waals surface area contributed by atoms with Crippen LogP contribution in [0.2, 0.25) is 0 Å². The fourth-order valence-corrected chi connectivity index (χ4v) is 1.53. The van der Waals surface area contributed by atoms with Crippen LogP contribution in [0.3, 0.4) is 0 Å². The molecule has 0 saturated carbocycles. The van der Waals surface area contributed by atoms with Gasteiger partial charge in [0.05, 0.1) is 12.8 Å². The van der Waals surface area contributed by atoms with E-state index in [0.29, 0.717) is 17.9 Å². The van der Waals surface area contributed by atoms with Gasteiger partial charge in [-0.25, -0.2) is 4.79 Å². The SMILES string of the molecule is CCOC(=O)COc1ccc(Br)cc1/C=N/O. The van der Waals surface area contributed by atoms with E-state index >= 15 is 0 Å². The molecule has 0 heterocycles. The van der Waals surface area contributed by atoms with Crippen LogP contribution in [0.1, 0.15) is 12.5 Å². The molecular formula is C11H12BrNO4. The minimum Gasteiger partial charge on any atom is -0.481 e. The minimum atomic E-state index is -0.442. The molecule has 0 radical (unpaired) electrons. The van der Waals surface area contributed by atoms with E-state index in [2.05, 4.69) is 21.1 Å². The molecule has 0 atom stereocenters. The van der Waals surface area contributed by atoms with Gasteiger partial charge in [-0.2, -0.15) is 0 Å². The van der Waals surface area contributed by atoms with Crippen LogP contribution in [0, 0.1) is 0 Å². The van der Waals surface area contributed by atoms with E-state index in [9.17, 15) is 4.79 Å². The minimum absolute atomic E-state index is 0.179. The van der Waals surface area contributed by atoms with Crippen LogP contribution in [-0.4, -0.2) is 30.6 Å². The Balaban J connectivity index is 2.73. The summed E-state index contributed by atoms with van der Waals surface area (Å²) in [5.41, 5.74) is 0.561. The van der Waals surface area contributed by atoms with E-state index in [-0.39, 0.29) is 6.61 Å². The van der Waals surface area contributed by atoms with Gasteiger partial charge in [0.2, 0.25) is 0 Å². The predicted molar refractivity (Wildman–Crippen MR) is 65.7 cm³/mol. The lowest BCUT2D eigenvalue weighted by molar-refractivity contribution is -0.145. The molecule has 1 aromatic rings. The first-order valence-electron chi connectivity index (χ1n) is 4.92. The average Bonchev–Trinajstić information content (AvgIpc) is 2.29. The summed E-state index contributed by atoms with van der Waals surface area (Å²) >= 11 is 3.28. The van der Waals surface area contributed by atoms with Gasteiger partial charge in [0.1, 0.15) is 5.75 Å². The lowest BCUT2D eigenvalue weighted by atomic mass is 10.2. The number of nitrogens with zero attached hydrogens (tertiary/aromatic N) is 1. The standard InChI is InChI=1S/C11H12BrNO4/c1-2-16-11(14)7-17-10-4-3-9(12)5-8(10)6-13-15/h3-6,15H,2,7H2,1H3/b13-6+. The van der Waals surface area contributed by atoms with Crippen molar-refractivity contribution in [3.63, 3.8) is 0 Å². The van der Waals surface area contributed by atoms with Crippen molar-refractivity contribution in [2.45, 2.75) is 6.92 Å². The Labute approximate surface area is 107 Å². The van der Waals surface area contributed by atoms with Gasteiger partial charge in [-0.15, -0.1) is 0 Å². The highest BCUT2D eigenvalue weighted by Crippen LogP contribution is 2.21. The molecule has 1 aromatic carbocycles. The van der Waals surface area contributed by atoms with Gasteiger partial charge in [-0.05, 0) is 25.1 Å². The van der Waals surface area contributed by atoms with Crippen LogP contribution in [0.5, 0.6) is 5.75 Å². The number of hydrogen-bond donors (Lipinski definition) is 1. The van der Waals surface area contributed by atoms with Crippen molar-refractivity contribution in [1.82, 2.24) is 0 Å². The Morgan fingerprint density at radius 3 is 3.00 bits per heavy atom. The van der Waals surface area contributed by atoms with Gasteiger partial charge >= 0.3 is 5.97 Å². The maximum atomic E-state index is 11.1. The van der Waals surface area contributed by atoms with Crippen molar-refractivity contribution in [1.29, 1.82) is 0 Å². The van der Waals surface area contributed by atoms with Crippen LogP contribution in [-0.2, 0) is 9.53 Å². The van der Waals surface area contributed by atoms with Crippen molar-refractivity contribution >= 4 is 28.1 Å². The summed E-state index contributed by atoms with van der Waals surface area (Å²) in [6.45, 7) is 1.86. The summed E-state index contributed by atoms with van der Waals surface area (Å²) in [5.74, 6) is 0.00126. The summed E-state index contributed by atoms with van der Waals surface area (Å²) in [5, 5.41) is 11.4. The van der Waals surface area contributed by atoms with Gasteiger partial charge in [0.15, 0.2) is 6.61 Å². The molecule has 0 saturated heterocycles. The molecule has 1 rings (SSSR count). The number of oxime groups is 1. The number of esters is 1. The Hall–Kier alpha value is -1.56. The van der Waals surface area contributed by atoms with Crippen molar-refractivity contribution in [2.24, 2.45) is 5.16 Å². The molecule has 0 aliphatic heterocycles. The lowest BCUT2D eigenvalue weighted by Gasteiger charge is -2.08. The molecular weight excluding hydrogens is 290 g/mol. The zero-order valence-corrected chi connectivity index (χ0v) is 10.8. The first-order valence-corrected chi connectivity index (χ1v) is 5.72. The number of rotatable bonds is 5. The molecule has 0 aliphatic carbocycles. The number of ether oxygens (including phenoxy) is 2. The topological polar surface area (TPSA) is 68.1 Å². The second-order valence-electron chi connectivity index (χ2n) is 3.02. The molecule has 5 nitrogen and oxygen atoms in total. The lowest BCUT2D eigenvalue weighted by Crippen LogP contribution is -2.15. The van der Waals surface area contributed by atoms with Crippen molar-refractivity contribution in [3.8, 4) is 5.75 Å². The quantitative estimate of drug-likeness (QED) is 0.392. The van der Waals surface area contributed by atoms with E-state index in [0.717, 1.165) is 4.47 Å². The summed E-state index contributed by atoms with van der Waals surface area (Å²) < 4.78 is 10.8. The van der Waals surface area contributed by atoms with E-state index in [1.54, 1.807) is 25.1 Å². The van der Waals surface area contributed by atoms with E-state index in [4.69, 9.17) is 14.7 Å². The number of hydrogen-bond acceptors (Lipinski definition) is 5. The van der Waals surface area contributed by atoms with Crippen LogP contribution in [0.4, 0.5) is 0 Å². The normalized spacial score (nSPS) is 10.5. The number of carbonyl (C=O) groups is 1. The van der Waals surface area contributed by atoms with Crippen molar-refractivity contribution in [3.05, 3.63) is 28.2 Å². The fraction of sp³-hybridized carbons (Fsp3) is 0.273. The fourth-order valence-electron chi connectivity index (χ4n) is 1.15. The van der Waals surface area contributed by atoms with E-state index in [1.807, 2.05) is 0 Å². The summed E-state index contributed by atoms with van der Waals surface area (Å²) in [4.78, 5) is 11.1. The predicted octanol–water partition coefficient (Wildman–Crippen LogP) is 2.20. The van der Waals surface area contributed by atoms with Gasteiger partial charge in [0, 0.05) is 10.0 Å². The molecule has 0 aromatic heterocycles. The third-order valence-corrected chi connectivity index (χ3v) is 2.31. The highest BCUT2D eigenvalue weighted by atomic mass is 79.9. The number of benzene rings is 1. The first kappa shape index (κ1) is 13.5. The van der Waals surface area contributed by atoms with Crippen molar-refractivity contribution < 1.29 is 19.5 Å². The van der Waals surface area contributed by atoms with E-state index < -0.39 is 5.97 Å². The maximum Gasteiger partial charge on any atom is 0.344 e. The first-order chi connectivity index (χ1) is 8.17. The van der Waals surface area contributed by atoms with Crippen molar-refractivity contribution in [2.75, 3.05) is 13.2 Å². The van der Waals surface area contributed by atoms with Crippen LogP contribution < -0.4 is 4.74 Å². The second-order valence-corrected chi connectivity index (χ2v) is 3.94. The molecule has 0 amide bonds.